The fourth-order valence-corrected chi connectivity index (χ4v) is 12.2. The fraction of sp³-hybridized carbons (Fsp3) is 0. The minimum absolute atomic E-state index is 1.20. The summed E-state index contributed by atoms with van der Waals surface area (Å²) in [5, 5.41) is 20.6. The molecule has 0 fully saturated rings. The molecule has 0 aliphatic carbocycles. The Labute approximate surface area is 405 Å². The summed E-state index contributed by atoms with van der Waals surface area (Å²) in [6, 6.07) is 95.5. The molecule has 0 aliphatic rings. The Morgan fingerprint density at radius 1 is 0.143 bits per heavy atom. The highest BCUT2D eigenvalue weighted by Gasteiger charge is 2.27. The Morgan fingerprint density at radius 3 is 0.957 bits per heavy atom. The van der Waals surface area contributed by atoms with Crippen LogP contribution < -0.4 is 0 Å². The van der Waals surface area contributed by atoms with E-state index in [4.69, 9.17) is 0 Å². The summed E-state index contributed by atoms with van der Waals surface area (Å²) in [6.45, 7) is 0. The number of fused-ring (bicyclic) bond motifs is 9. The first-order chi connectivity index (χ1) is 34.7. The zero-order chi connectivity index (χ0) is 45.9. The lowest BCUT2D eigenvalue weighted by Gasteiger charge is -2.20. The number of hydrogen-bond donors (Lipinski definition) is 0. The van der Waals surface area contributed by atoms with Crippen molar-refractivity contribution in [2.75, 3.05) is 0 Å². The van der Waals surface area contributed by atoms with Gasteiger partial charge in [0.15, 0.2) is 0 Å². The van der Waals surface area contributed by atoms with E-state index in [2.05, 4.69) is 255 Å². The van der Waals surface area contributed by atoms with Crippen molar-refractivity contribution in [3.8, 4) is 66.8 Å². The van der Waals surface area contributed by atoms with Gasteiger partial charge in [0.25, 0.3) is 0 Å². The quantitative estimate of drug-likeness (QED) is 0.146. The van der Waals surface area contributed by atoms with E-state index in [1.54, 1.807) is 0 Å². The van der Waals surface area contributed by atoms with Gasteiger partial charge in [0.1, 0.15) is 0 Å². The van der Waals surface area contributed by atoms with Gasteiger partial charge in [-0.05, 0) is 208 Å². The van der Waals surface area contributed by atoms with Crippen molar-refractivity contribution in [2.45, 2.75) is 0 Å². The van der Waals surface area contributed by atoms with Gasteiger partial charge in [-0.1, -0.05) is 200 Å². The molecule has 0 atom stereocenters. The lowest BCUT2D eigenvalue weighted by atomic mass is 9.83. The van der Waals surface area contributed by atoms with E-state index in [1.807, 2.05) is 0 Å². The molecular weight excluding hydrogens is 841 g/mol. The predicted molar refractivity (Wildman–Crippen MR) is 301 cm³/mol. The Balaban J connectivity index is 1.21. The van der Waals surface area contributed by atoms with E-state index >= 15 is 0 Å². The van der Waals surface area contributed by atoms with Crippen molar-refractivity contribution >= 4 is 86.2 Å². The van der Waals surface area contributed by atoms with Crippen molar-refractivity contribution in [3.05, 3.63) is 255 Å². The Bertz CT molecular complexity index is 4410. The van der Waals surface area contributed by atoms with Crippen LogP contribution in [-0.4, -0.2) is 0 Å². The van der Waals surface area contributed by atoms with Gasteiger partial charge >= 0.3 is 0 Å². The van der Waals surface area contributed by atoms with Crippen LogP contribution in [0.1, 0.15) is 0 Å². The summed E-state index contributed by atoms with van der Waals surface area (Å²) in [6.07, 6.45) is 0. The smallest absolute Gasteiger partial charge is 0.000718 e. The predicted octanol–water partition coefficient (Wildman–Crippen LogP) is 19.8. The largest absolute Gasteiger partial charge is 0.0622 e. The van der Waals surface area contributed by atoms with Crippen molar-refractivity contribution in [3.63, 3.8) is 0 Å². The zero-order valence-electron chi connectivity index (χ0n) is 38.2. The summed E-state index contributed by atoms with van der Waals surface area (Å²) in [5.74, 6) is 0. The van der Waals surface area contributed by atoms with Crippen LogP contribution >= 0.6 is 0 Å². The third kappa shape index (κ3) is 5.84. The summed E-state index contributed by atoms with van der Waals surface area (Å²) in [7, 11) is 0. The molecule has 70 heavy (non-hydrogen) atoms. The molecule has 0 spiro atoms. The third-order valence-corrected chi connectivity index (χ3v) is 15.2. The van der Waals surface area contributed by atoms with Crippen LogP contribution in [0.4, 0.5) is 0 Å². The highest BCUT2D eigenvalue weighted by molar-refractivity contribution is 6.43. The molecule has 0 bridgehead atoms. The standard InChI is InChI=1S/C70H42/c1-5-18-43(19-6-1)49-34-50(44-20-7-2-8-21-44)37-53(36-49)66-62-41-60-57-30-15-27-47-28-16-31-58(65(47)57)61(60)42-63(62)67(54-38-51(45-22-9-3-10-23-45)35-52(39-54)46-24-11-4-12-25-46)70-64-40-48-26-13-14-29-55(48)56-32-17-33-59(68(56)64)69(66)70/h1-42H. The van der Waals surface area contributed by atoms with Crippen LogP contribution in [0.2, 0.25) is 0 Å². The molecule has 15 aromatic carbocycles. The average Bonchev–Trinajstić information content (AvgIpc) is 3.93. The van der Waals surface area contributed by atoms with Gasteiger partial charge < -0.3 is 0 Å². The molecule has 0 N–H and O–H groups in total. The second-order valence-corrected chi connectivity index (χ2v) is 19.1. The van der Waals surface area contributed by atoms with Gasteiger partial charge in [0.2, 0.25) is 0 Å². The van der Waals surface area contributed by atoms with Gasteiger partial charge in [0.05, 0.1) is 0 Å². The van der Waals surface area contributed by atoms with Crippen LogP contribution in [0.15, 0.2) is 255 Å². The summed E-state index contributed by atoms with van der Waals surface area (Å²) in [4.78, 5) is 0. The molecule has 0 aliphatic heterocycles. The first-order valence-electron chi connectivity index (χ1n) is 24.4. The second-order valence-electron chi connectivity index (χ2n) is 19.1. The normalized spacial score (nSPS) is 12.0. The van der Waals surface area contributed by atoms with Crippen LogP contribution in [0.3, 0.4) is 0 Å². The molecule has 15 aromatic rings. The lowest BCUT2D eigenvalue weighted by molar-refractivity contribution is 1.58. The van der Waals surface area contributed by atoms with Crippen molar-refractivity contribution < 1.29 is 0 Å². The molecular formula is C70H42. The van der Waals surface area contributed by atoms with E-state index < -0.39 is 0 Å². The SMILES string of the molecule is c1ccc(-c2cc(-c3ccccc3)cc(-c3c4cc5c(cc4c(-c4cc(-c6ccccc6)cc(-c6ccccc6)c4)c4c6cc7ccccc7c7cccc(c34)c76)c3cccc4cccc5c43)c2)cc1. The molecule has 0 radical (unpaired) electrons. The van der Waals surface area contributed by atoms with Crippen LogP contribution in [0, 0.1) is 0 Å². The summed E-state index contributed by atoms with van der Waals surface area (Å²) < 4.78 is 0. The van der Waals surface area contributed by atoms with Crippen molar-refractivity contribution in [2.24, 2.45) is 0 Å². The maximum absolute atomic E-state index is 2.57. The van der Waals surface area contributed by atoms with Gasteiger partial charge in [-0.2, -0.15) is 0 Å². The van der Waals surface area contributed by atoms with Crippen LogP contribution in [-0.2, 0) is 0 Å². The van der Waals surface area contributed by atoms with Crippen molar-refractivity contribution in [1.82, 2.24) is 0 Å². The minimum atomic E-state index is 1.20. The van der Waals surface area contributed by atoms with E-state index in [0.29, 0.717) is 0 Å². The number of rotatable bonds is 6. The minimum Gasteiger partial charge on any atom is -0.0622 e. The molecule has 0 amide bonds. The van der Waals surface area contributed by atoms with Gasteiger partial charge in [-0.15, -0.1) is 0 Å². The zero-order valence-corrected chi connectivity index (χ0v) is 38.2. The maximum atomic E-state index is 2.57. The van der Waals surface area contributed by atoms with Crippen LogP contribution in [0.25, 0.3) is 153 Å². The fourth-order valence-electron chi connectivity index (χ4n) is 12.2. The van der Waals surface area contributed by atoms with E-state index in [-0.39, 0.29) is 0 Å². The maximum Gasteiger partial charge on any atom is -0.000718 e. The molecule has 322 valence electrons. The topological polar surface area (TPSA) is 0 Å². The van der Waals surface area contributed by atoms with Gasteiger partial charge in [-0.3, -0.25) is 0 Å². The van der Waals surface area contributed by atoms with E-state index in [9.17, 15) is 0 Å². The Morgan fingerprint density at radius 2 is 0.486 bits per heavy atom. The average molecular weight is 883 g/mol. The first kappa shape index (κ1) is 38.9. The van der Waals surface area contributed by atoms with E-state index in [0.717, 1.165) is 0 Å². The highest BCUT2D eigenvalue weighted by atomic mass is 14.3. The first-order valence-corrected chi connectivity index (χ1v) is 24.4. The number of hydrogen-bond acceptors (Lipinski definition) is 0. The molecule has 0 unspecified atom stereocenters. The summed E-state index contributed by atoms with van der Waals surface area (Å²) in [5.41, 5.74) is 14.5. The molecule has 0 heteroatoms. The molecule has 0 nitrogen and oxygen atoms in total. The third-order valence-electron chi connectivity index (χ3n) is 15.2. The molecule has 0 saturated heterocycles. The molecule has 0 saturated carbocycles. The second kappa shape index (κ2) is 15.2. The highest BCUT2D eigenvalue weighted by Crippen LogP contribution is 2.55. The monoisotopic (exact) mass is 882 g/mol. The molecule has 0 heterocycles. The number of benzene rings is 13. The van der Waals surface area contributed by atoms with Crippen molar-refractivity contribution in [1.29, 1.82) is 0 Å². The lowest BCUT2D eigenvalue weighted by Crippen LogP contribution is -1.93. The van der Waals surface area contributed by atoms with Gasteiger partial charge in [-0.25, -0.2) is 0 Å². The Hall–Kier alpha value is -9.10. The Kier molecular flexibility index (Phi) is 8.46. The molecule has 0 aromatic heterocycles. The van der Waals surface area contributed by atoms with E-state index in [1.165, 1.54) is 153 Å². The van der Waals surface area contributed by atoms with Gasteiger partial charge in [0, 0.05) is 0 Å². The summed E-state index contributed by atoms with van der Waals surface area (Å²) >= 11 is 0. The van der Waals surface area contributed by atoms with Crippen LogP contribution in [0.5, 0.6) is 0 Å². The molecule has 15 rings (SSSR count).